The van der Waals surface area contributed by atoms with Crippen LogP contribution in [0.5, 0.6) is 0 Å². The van der Waals surface area contributed by atoms with Crippen LogP contribution in [0.1, 0.15) is 0 Å². The van der Waals surface area contributed by atoms with Gasteiger partial charge in [0.15, 0.2) is 0 Å². The van der Waals surface area contributed by atoms with Gasteiger partial charge in [0.05, 0.1) is 17.1 Å². The summed E-state index contributed by atoms with van der Waals surface area (Å²) < 4.78 is 22.6. The van der Waals surface area contributed by atoms with Gasteiger partial charge in [0.2, 0.25) is 10.0 Å². The van der Waals surface area contributed by atoms with Crippen LogP contribution in [0.25, 0.3) is 0 Å². The van der Waals surface area contributed by atoms with Crippen molar-refractivity contribution >= 4 is 21.4 Å². The first kappa shape index (κ1) is 13.1. The lowest BCUT2D eigenvalue weighted by Gasteiger charge is -2.18. The first-order valence-electron chi connectivity index (χ1n) is 5.32. The summed E-state index contributed by atoms with van der Waals surface area (Å²) in [6.45, 7) is 0.434. The second-order valence-corrected chi connectivity index (χ2v) is 5.91. The van der Waals surface area contributed by atoms with Gasteiger partial charge >= 0.3 is 0 Å². The van der Waals surface area contributed by atoms with Crippen LogP contribution in [0.3, 0.4) is 0 Å². The molecule has 8 heteroatoms. The number of β-amino-alcohol motifs (C(OH)–C–C–N with tert-alkyl or cyclic N) is 2. The van der Waals surface area contributed by atoms with E-state index in [1.54, 1.807) is 11.0 Å². The smallest absolute Gasteiger partial charge is 0.238 e. The van der Waals surface area contributed by atoms with Crippen LogP contribution in [0.2, 0.25) is 0 Å². The first-order chi connectivity index (χ1) is 8.27. The number of nitrogens with zero attached hydrogens (tertiary/aromatic N) is 1. The lowest BCUT2D eigenvalue weighted by atomic mass is 10.2. The first-order valence-corrected chi connectivity index (χ1v) is 6.86. The fraction of sp³-hybridized carbons (Fsp3) is 0.400. The maximum absolute atomic E-state index is 11.3. The molecule has 0 bridgehead atoms. The third kappa shape index (κ3) is 2.56. The molecular weight excluding hydrogens is 258 g/mol. The molecule has 2 rings (SSSR count). The molecule has 1 fully saturated rings. The zero-order chi connectivity index (χ0) is 13.5. The molecule has 1 aliphatic heterocycles. The van der Waals surface area contributed by atoms with E-state index in [2.05, 4.69) is 0 Å². The largest absolute Gasteiger partial charge is 0.399 e. The van der Waals surface area contributed by atoms with Crippen molar-refractivity contribution in [1.82, 2.24) is 0 Å². The molecular formula is C10H15N3O4S. The van der Waals surface area contributed by atoms with Gasteiger partial charge in [-0.2, -0.15) is 0 Å². The van der Waals surface area contributed by atoms with Crippen molar-refractivity contribution in [2.75, 3.05) is 23.7 Å². The van der Waals surface area contributed by atoms with Gasteiger partial charge in [0, 0.05) is 24.5 Å². The van der Waals surface area contributed by atoms with Gasteiger partial charge in [0.1, 0.15) is 0 Å². The monoisotopic (exact) mass is 273 g/mol. The number of benzene rings is 1. The second kappa shape index (κ2) is 4.39. The standard InChI is InChI=1S/C10H15N3O4S/c11-6-1-7(3-8(2-6)18(12,16)17)13-4-9(14)10(15)5-13/h1-3,9-10,14-15H,4-5,11H2,(H2,12,16,17). The van der Waals surface area contributed by atoms with Crippen molar-refractivity contribution in [2.24, 2.45) is 5.14 Å². The molecule has 0 radical (unpaired) electrons. The second-order valence-electron chi connectivity index (χ2n) is 4.34. The predicted molar refractivity (Wildman–Crippen MR) is 66.5 cm³/mol. The van der Waals surface area contributed by atoms with Gasteiger partial charge in [0.25, 0.3) is 0 Å². The minimum absolute atomic E-state index is 0.0895. The van der Waals surface area contributed by atoms with E-state index in [4.69, 9.17) is 10.9 Å². The molecule has 2 atom stereocenters. The minimum Gasteiger partial charge on any atom is -0.399 e. The van der Waals surface area contributed by atoms with Gasteiger partial charge in [-0.25, -0.2) is 13.6 Å². The molecule has 1 aliphatic rings. The topological polar surface area (TPSA) is 130 Å². The molecule has 1 aromatic carbocycles. The maximum Gasteiger partial charge on any atom is 0.238 e. The van der Waals surface area contributed by atoms with Gasteiger partial charge in [-0.1, -0.05) is 0 Å². The summed E-state index contributed by atoms with van der Waals surface area (Å²) in [5.41, 5.74) is 6.39. The summed E-state index contributed by atoms with van der Waals surface area (Å²) in [5, 5.41) is 24.0. The molecule has 1 heterocycles. The van der Waals surface area contributed by atoms with Crippen LogP contribution in [0.4, 0.5) is 11.4 Å². The summed E-state index contributed by atoms with van der Waals surface area (Å²) in [5.74, 6) is 0. The molecule has 100 valence electrons. The van der Waals surface area contributed by atoms with Crippen molar-refractivity contribution in [3.8, 4) is 0 Å². The quantitative estimate of drug-likeness (QED) is 0.483. The highest BCUT2D eigenvalue weighted by molar-refractivity contribution is 7.89. The molecule has 6 N–H and O–H groups in total. The molecule has 0 saturated carbocycles. The third-order valence-electron chi connectivity index (χ3n) is 2.87. The SMILES string of the molecule is Nc1cc(N2CC(O)C(O)C2)cc(S(N)(=O)=O)c1. The molecule has 18 heavy (non-hydrogen) atoms. The molecule has 1 saturated heterocycles. The van der Waals surface area contributed by atoms with E-state index in [0.29, 0.717) is 5.69 Å². The van der Waals surface area contributed by atoms with Crippen LogP contribution in [0, 0.1) is 0 Å². The molecule has 0 spiro atoms. The minimum atomic E-state index is -3.84. The number of rotatable bonds is 2. The molecule has 0 aliphatic carbocycles. The number of aliphatic hydroxyl groups excluding tert-OH is 2. The van der Waals surface area contributed by atoms with Crippen molar-refractivity contribution in [3.05, 3.63) is 18.2 Å². The number of hydrogen-bond donors (Lipinski definition) is 4. The number of aliphatic hydroxyl groups is 2. The summed E-state index contributed by atoms with van der Waals surface area (Å²) in [4.78, 5) is 1.56. The Morgan fingerprint density at radius 2 is 1.72 bits per heavy atom. The van der Waals surface area contributed by atoms with E-state index < -0.39 is 22.2 Å². The summed E-state index contributed by atoms with van der Waals surface area (Å²) in [6, 6.07) is 4.21. The molecule has 2 unspecified atom stereocenters. The number of sulfonamides is 1. The molecule has 7 nitrogen and oxygen atoms in total. The maximum atomic E-state index is 11.3. The number of anilines is 2. The highest BCUT2D eigenvalue weighted by atomic mass is 32.2. The van der Waals surface area contributed by atoms with Gasteiger partial charge in [-0.3, -0.25) is 0 Å². The number of primary sulfonamides is 1. The summed E-state index contributed by atoms with van der Waals surface area (Å²) in [6.07, 6.45) is -1.71. The molecule has 0 aromatic heterocycles. The summed E-state index contributed by atoms with van der Waals surface area (Å²) >= 11 is 0. The average molecular weight is 273 g/mol. The van der Waals surface area contributed by atoms with Crippen LogP contribution in [0.15, 0.2) is 23.1 Å². The van der Waals surface area contributed by atoms with Gasteiger partial charge in [-0.15, -0.1) is 0 Å². The summed E-state index contributed by atoms with van der Waals surface area (Å²) in [7, 11) is -3.84. The zero-order valence-electron chi connectivity index (χ0n) is 9.52. The highest BCUT2D eigenvalue weighted by Crippen LogP contribution is 2.26. The predicted octanol–water partition coefficient (Wildman–Crippen LogP) is -1.54. The Balaban J connectivity index is 2.38. The van der Waals surface area contributed by atoms with Crippen LogP contribution in [-0.4, -0.2) is 43.9 Å². The van der Waals surface area contributed by atoms with Crippen molar-refractivity contribution in [2.45, 2.75) is 17.1 Å². The Morgan fingerprint density at radius 1 is 1.17 bits per heavy atom. The van der Waals surface area contributed by atoms with Gasteiger partial charge < -0.3 is 20.8 Å². The van der Waals surface area contributed by atoms with E-state index >= 15 is 0 Å². The van der Waals surface area contributed by atoms with Crippen molar-refractivity contribution < 1.29 is 18.6 Å². The Labute approximate surface area is 105 Å². The van der Waals surface area contributed by atoms with Crippen LogP contribution < -0.4 is 15.8 Å². The Morgan fingerprint density at radius 3 is 2.22 bits per heavy atom. The van der Waals surface area contributed by atoms with E-state index in [0.717, 1.165) is 0 Å². The number of nitrogen functional groups attached to an aromatic ring is 1. The van der Waals surface area contributed by atoms with Gasteiger partial charge in [-0.05, 0) is 18.2 Å². The van der Waals surface area contributed by atoms with Crippen LogP contribution in [-0.2, 0) is 10.0 Å². The van der Waals surface area contributed by atoms with Crippen molar-refractivity contribution in [3.63, 3.8) is 0 Å². The lowest BCUT2D eigenvalue weighted by molar-refractivity contribution is 0.0572. The highest BCUT2D eigenvalue weighted by Gasteiger charge is 2.30. The van der Waals surface area contributed by atoms with E-state index in [1.807, 2.05) is 0 Å². The average Bonchev–Trinajstić information content (AvgIpc) is 2.57. The van der Waals surface area contributed by atoms with E-state index in [9.17, 15) is 18.6 Å². The Bertz CT molecular complexity index is 550. The molecule has 1 aromatic rings. The third-order valence-corrected chi connectivity index (χ3v) is 3.76. The van der Waals surface area contributed by atoms with E-state index in [-0.39, 0.29) is 23.7 Å². The lowest BCUT2D eigenvalue weighted by Crippen LogP contribution is -2.22. The number of hydrogen-bond acceptors (Lipinski definition) is 6. The Kier molecular flexibility index (Phi) is 3.20. The fourth-order valence-corrected chi connectivity index (χ4v) is 2.52. The van der Waals surface area contributed by atoms with Crippen molar-refractivity contribution in [1.29, 1.82) is 0 Å². The normalized spacial score (nSPS) is 24.5. The molecule has 0 amide bonds. The van der Waals surface area contributed by atoms with Crippen LogP contribution >= 0.6 is 0 Å². The Hall–Kier alpha value is -1.35. The number of nitrogens with two attached hydrogens (primary N) is 2. The van der Waals surface area contributed by atoms with E-state index in [1.165, 1.54) is 12.1 Å². The zero-order valence-corrected chi connectivity index (χ0v) is 10.3. The fourth-order valence-electron chi connectivity index (χ4n) is 1.93.